The van der Waals surface area contributed by atoms with E-state index in [2.05, 4.69) is 16.9 Å². The van der Waals surface area contributed by atoms with Crippen LogP contribution in [-0.2, 0) is 20.5 Å². The molecule has 1 N–H and O–H groups in total. The second-order valence-electron chi connectivity index (χ2n) is 4.90. The number of imidazole rings is 1. The Kier molecular flexibility index (Phi) is 4.52. The van der Waals surface area contributed by atoms with Gasteiger partial charge in [-0.05, 0) is 18.6 Å². The van der Waals surface area contributed by atoms with Gasteiger partial charge in [-0.2, -0.15) is 0 Å². The zero-order chi connectivity index (χ0) is 14.0. The summed E-state index contributed by atoms with van der Waals surface area (Å²) in [6.45, 7) is 2.22. The summed E-state index contributed by atoms with van der Waals surface area (Å²) in [5.41, 5.74) is 1.78. The minimum absolute atomic E-state index is 0.696. The van der Waals surface area contributed by atoms with Crippen molar-refractivity contribution < 1.29 is 0 Å². The number of fused-ring (bicyclic) bond motifs is 1. The SMILES string of the molecule is CCCCCCc1nc2c([nH]1)c(=S)n(C)c(=S)n2C. The average Bonchev–Trinajstić information content (AvgIpc) is 2.83. The molecule has 0 spiro atoms. The van der Waals surface area contributed by atoms with Crippen LogP contribution in [0.25, 0.3) is 11.2 Å². The molecule has 0 radical (unpaired) electrons. The van der Waals surface area contributed by atoms with Gasteiger partial charge in [-0.25, -0.2) is 4.98 Å². The van der Waals surface area contributed by atoms with Crippen LogP contribution in [-0.4, -0.2) is 19.1 Å². The largest absolute Gasteiger partial charge is 0.338 e. The van der Waals surface area contributed by atoms with Crippen molar-refractivity contribution in [3.05, 3.63) is 15.2 Å². The minimum Gasteiger partial charge on any atom is -0.338 e. The van der Waals surface area contributed by atoms with E-state index in [4.69, 9.17) is 24.4 Å². The quantitative estimate of drug-likeness (QED) is 0.673. The number of hydrogen-bond donors (Lipinski definition) is 1. The molecule has 0 aliphatic rings. The number of nitrogens with zero attached hydrogens (tertiary/aromatic N) is 3. The Morgan fingerprint density at radius 1 is 1.11 bits per heavy atom. The lowest BCUT2D eigenvalue weighted by Crippen LogP contribution is -2.05. The first-order valence-corrected chi connectivity index (χ1v) is 7.52. The van der Waals surface area contributed by atoms with E-state index in [0.29, 0.717) is 4.77 Å². The van der Waals surface area contributed by atoms with Crippen molar-refractivity contribution in [2.24, 2.45) is 14.1 Å². The van der Waals surface area contributed by atoms with E-state index in [9.17, 15) is 0 Å². The van der Waals surface area contributed by atoms with E-state index in [1.807, 2.05) is 23.2 Å². The molecule has 0 fully saturated rings. The number of aryl methyl sites for hydroxylation is 2. The van der Waals surface area contributed by atoms with Crippen molar-refractivity contribution in [3.8, 4) is 0 Å². The van der Waals surface area contributed by atoms with Gasteiger partial charge in [0.2, 0.25) is 0 Å². The summed E-state index contributed by atoms with van der Waals surface area (Å²) < 4.78 is 5.17. The van der Waals surface area contributed by atoms with Crippen LogP contribution in [0.4, 0.5) is 0 Å². The van der Waals surface area contributed by atoms with Crippen LogP contribution in [0.5, 0.6) is 0 Å². The van der Waals surface area contributed by atoms with Crippen LogP contribution in [0.3, 0.4) is 0 Å². The van der Waals surface area contributed by atoms with Crippen molar-refractivity contribution >= 4 is 35.6 Å². The number of aromatic nitrogens is 4. The highest BCUT2D eigenvalue weighted by Gasteiger charge is 2.09. The van der Waals surface area contributed by atoms with E-state index >= 15 is 0 Å². The fourth-order valence-electron chi connectivity index (χ4n) is 2.21. The van der Waals surface area contributed by atoms with Crippen molar-refractivity contribution in [2.75, 3.05) is 0 Å². The predicted molar refractivity (Wildman–Crippen MR) is 83.5 cm³/mol. The molecule has 0 aliphatic heterocycles. The van der Waals surface area contributed by atoms with E-state index in [0.717, 1.165) is 34.5 Å². The molecule has 104 valence electrons. The maximum absolute atomic E-state index is 5.42. The third-order valence-electron chi connectivity index (χ3n) is 3.41. The molecule has 6 heteroatoms. The van der Waals surface area contributed by atoms with E-state index < -0.39 is 0 Å². The Hall–Kier alpha value is -1.01. The van der Waals surface area contributed by atoms with Crippen molar-refractivity contribution in [1.29, 1.82) is 0 Å². The Bertz CT molecular complexity index is 693. The summed E-state index contributed by atoms with van der Waals surface area (Å²) in [6.07, 6.45) is 5.92. The highest BCUT2D eigenvalue weighted by molar-refractivity contribution is 7.72. The lowest BCUT2D eigenvalue weighted by Gasteiger charge is -2.05. The number of hydrogen-bond acceptors (Lipinski definition) is 3. The standard InChI is InChI=1S/C13H20N4S2/c1-4-5-6-7-8-9-14-10-11(15-9)16(2)13(19)17(3)12(10)18/h4-8H2,1-3H3,(H,14,15). The van der Waals surface area contributed by atoms with Gasteiger partial charge >= 0.3 is 0 Å². The van der Waals surface area contributed by atoms with Crippen LogP contribution in [0.2, 0.25) is 0 Å². The Balaban J connectivity index is 2.36. The van der Waals surface area contributed by atoms with E-state index in [-0.39, 0.29) is 0 Å². The van der Waals surface area contributed by atoms with Crippen LogP contribution < -0.4 is 0 Å². The van der Waals surface area contributed by atoms with Crippen molar-refractivity contribution in [3.63, 3.8) is 0 Å². The molecule has 0 amide bonds. The molecule has 2 heterocycles. The summed E-state index contributed by atoms with van der Waals surface area (Å²) in [7, 11) is 3.83. The van der Waals surface area contributed by atoms with E-state index in [1.54, 1.807) is 0 Å². The molecule has 19 heavy (non-hydrogen) atoms. The highest BCUT2D eigenvalue weighted by atomic mass is 32.1. The van der Waals surface area contributed by atoms with E-state index in [1.165, 1.54) is 19.3 Å². The predicted octanol–water partition coefficient (Wildman–Crippen LogP) is 3.82. The number of aromatic amines is 1. The molecule has 0 aliphatic carbocycles. The zero-order valence-corrected chi connectivity index (χ0v) is 13.3. The third-order valence-corrected chi connectivity index (χ3v) is 4.44. The summed E-state index contributed by atoms with van der Waals surface area (Å²) in [5, 5.41) is 0. The zero-order valence-electron chi connectivity index (χ0n) is 11.7. The van der Waals surface area contributed by atoms with Gasteiger partial charge in [0, 0.05) is 20.5 Å². The topological polar surface area (TPSA) is 38.5 Å². The van der Waals surface area contributed by atoms with Crippen LogP contribution in [0, 0.1) is 9.41 Å². The van der Waals surface area contributed by atoms with Crippen LogP contribution in [0.1, 0.15) is 38.4 Å². The fourth-order valence-corrected chi connectivity index (χ4v) is 2.68. The fraction of sp³-hybridized carbons (Fsp3) is 0.615. The summed E-state index contributed by atoms with van der Waals surface area (Å²) in [6, 6.07) is 0. The molecular formula is C13H20N4S2. The molecule has 0 bridgehead atoms. The Morgan fingerprint density at radius 2 is 1.84 bits per heavy atom. The second-order valence-corrected chi connectivity index (χ2v) is 5.65. The van der Waals surface area contributed by atoms with Crippen molar-refractivity contribution in [2.45, 2.75) is 39.0 Å². The van der Waals surface area contributed by atoms with Gasteiger partial charge in [0.1, 0.15) is 16.0 Å². The molecule has 2 aromatic rings. The first-order chi connectivity index (χ1) is 9.06. The molecule has 4 nitrogen and oxygen atoms in total. The summed E-state index contributed by atoms with van der Waals surface area (Å²) in [5.74, 6) is 1.01. The van der Waals surface area contributed by atoms with Gasteiger partial charge in [0.15, 0.2) is 10.4 Å². The molecule has 2 aromatic heterocycles. The normalized spacial score (nSPS) is 11.3. The summed E-state index contributed by atoms with van der Waals surface area (Å²) >= 11 is 10.8. The lowest BCUT2D eigenvalue weighted by atomic mass is 10.1. The van der Waals surface area contributed by atoms with Crippen LogP contribution in [0.15, 0.2) is 0 Å². The Labute approximate surface area is 123 Å². The molecule has 0 aromatic carbocycles. The van der Waals surface area contributed by atoms with Gasteiger partial charge < -0.3 is 14.1 Å². The lowest BCUT2D eigenvalue weighted by molar-refractivity contribution is 0.656. The minimum atomic E-state index is 0.696. The molecule has 0 atom stereocenters. The molecule has 0 saturated heterocycles. The van der Waals surface area contributed by atoms with Crippen LogP contribution >= 0.6 is 24.4 Å². The number of unbranched alkanes of at least 4 members (excludes halogenated alkanes) is 3. The van der Waals surface area contributed by atoms with Gasteiger partial charge in [-0.3, -0.25) is 0 Å². The average molecular weight is 296 g/mol. The number of rotatable bonds is 5. The number of H-pyrrole nitrogens is 1. The molecule has 0 unspecified atom stereocenters. The second kappa shape index (κ2) is 5.96. The molecule has 0 saturated carbocycles. The van der Waals surface area contributed by atoms with Gasteiger partial charge in [0.05, 0.1) is 0 Å². The third kappa shape index (κ3) is 2.79. The monoisotopic (exact) mass is 296 g/mol. The first kappa shape index (κ1) is 14.4. The maximum atomic E-state index is 5.42. The molecular weight excluding hydrogens is 276 g/mol. The van der Waals surface area contributed by atoms with Gasteiger partial charge in [0.25, 0.3) is 0 Å². The Morgan fingerprint density at radius 3 is 2.53 bits per heavy atom. The maximum Gasteiger partial charge on any atom is 0.182 e. The smallest absolute Gasteiger partial charge is 0.182 e. The first-order valence-electron chi connectivity index (χ1n) is 6.70. The van der Waals surface area contributed by atoms with Gasteiger partial charge in [-0.15, -0.1) is 0 Å². The highest BCUT2D eigenvalue weighted by Crippen LogP contribution is 2.15. The summed E-state index contributed by atoms with van der Waals surface area (Å²) in [4.78, 5) is 7.98. The molecule has 2 rings (SSSR count). The van der Waals surface area contributed by atoms with Gasteiger partial charge in [-0.1, -0.05) is 38.4 Å². The number of nitrogens with one attached hydrogen (secondary N) is 1. The van der Waals surface area contributed by atoms with Crippen molar-refractivity contribution in [1.82, 2.24) is 19.1 Å².